The van der Waals surface area contributed by atoms with Gasteiger partial charge in [-0.05, 0) is 39.4 Å². The second-order valence-electron chi connectivity index (χ2n) is 6.24. The van der Waals surface area contributed by atoms with E-state index in [0.29, 0.717) is 6.54 Å². The largest absolute Gasteiger partial charge is 0.381 e. The minimum Gasteiger partial charge on any atom is -0.381 e. The molecule has 0 aromatic heterocycles. The van der Waals surface area contributed by atoms with Crippen LogP contribution in [0.25, 0.3) is 0 Å². The SMILES string of the molecule is CCNC(=NCC(C)(C)OC)NCC1(SCC)CCOCC1.I. The third-order valence-corrected chi connectivity index (χ3v) is 5.40. The van der Waals surface area contributed by atoms with E-state index in [0.717, 1.165) is 50.9 Å². The summed E-state index contributed by atoms with van der Waals surface area (Å²) in [6.45, 7) is 12.5. The highest BCUT2D eigenvalue weighted by molar-refractivity contribution is 14.0. The lowest BCUT2D eigenvalue weighted by Crippen LogP contribution is -2.48. The van der Waals surface area contributed by atoms with E-state index < -0.39 is 0 Å². The molecule has 23 heavy (non-hydrogen) atoms. The molecule has 1 aliphatic rings. The zero-order valence-electron chi connectivity index (χ0n) is 15.2. The van der Waals surface area contributed by atoms with Gasteiger partial charge in [-0.15, -0.1) is 24.0 Å². The van der Waals surface area contributed by atoms with Gasteiger partial charge in [0.25, 0.3) is 0 Å². The first-order valence-electron chi connectivity index (χ1n) is 8.26. The summed E-state index contributed by atoms with van der Waals surface area (Å²) < 4.78 is 11.2. The molecular formula is C16H34IN3O2S. The van der Waals surface area contributed by atoms with Crippen molar-refractivity contribution in [2.75, 3.05) is 45.7 Å². The van der Waals surface area contributed by atoms with Crippen LogP contribution < -0.4 is 10.6 Å². The van der Waals surface area contributed by atoms with E-state index in [1.165, 1.54) is 0 Å². The Balaban J connectivity index is 0.00000484. The monoisotopic (exact) mass is 459 g/mol. The first-order chi connectivity index (χ1) is 10.5. The first kappa shape index (κ1) is 23.3. The van der Waals surface area contributed by atoms with Crippen molar-refractivity contribution >= 4 is 41.7 Å². The zero-order valence-corrected chi connectivity index (χ0v) is 18.4. The quantitative estimate of drug-likeness (QED) is 0.332. The van der Waals surface area contributed by atoms with Crippen LogP contribution >= 0.6 is 35.7 Å². The molecule has 0 atom stereocenters. The van der Waals surface area contributed by atoms with Gasteiger partial charge in [0.2, 0.25) is 0 Å². The zero-order chi connectivity index (χ0) is 16.5. The van der Waals surface area contributed by atoms with Crippen LogP contribution in [-0.4, -0.2) is 62.0 Å². The number of nitrogens with one attached hydrogen (secondary N) is 2. The van der Waals surface area contributed by atoms with Gasteiger partial charge in [-0.25, -0.2) is 0 Å². The fraction of sp³-hybridized carbons (Fsp3) is 0.938. The highest BCUT2D eigenvalue weighted by Crippen LogP contribution is 2.34. The molecule has 1 fully saturated rings. The fourth-order valence-corrected chi connectivity index (χ4v) is 3.58. The number of thioether (sulfide) groups is 1. The molecule has 0 aliphatic carbocycles. The summed E-state index contributed by atoms with van der Waals surface area (Å²) in [7, 11) is 1.73. The Morgan fingerprint density at radius 2 is 1.91 bits per heavy atom. The maximum atomic E-state index is 5.53. The van der Waals surface area contributed by atoms with E-state index in [1.54, 1.807) is 7.11 Å². The van der Waals surface area contributed by atoms with Gasteiger partial charge in [-0.2, -0.15) is 11.8 Å². The maximum Gasteiger partial charge on any atom is 0.191 e. The minimum absolute atomic E-state index is 0. The first-order valence-corrected chi connectivity index (χ1v) is 9.24. The molecular weight excluding hydrogens is 425 g/mol. The third-order valence-electron chi connectivity index (χ3n) is 3.95. The van der Waals surface area contributed by atoms with Crippen molar-refractivity contribution in [2.45, 2.75) is 50.9 Å². The smallest absolute Gasteiger partial charge is 0.191 e. The number of aliphatic imine (C=N–C) groups is 1. The third kappa shape index (κ3) is 8.79. The van der Waals surface area contributed by atoms with E-state index in [4.69, 9.17) is 9.47 Å². The van der Waals surface area contributed by atoms with Gasteiger partial charge < -0.3 is 20.1 Å². The lowest BCUT2D eigenvalue weighted by Gasteiger charge is -2.37. The summed E-state index contributed by atoms with van der Waals surface area (Å²) in [5.74, 6) is 2.00. The number of guanidine groups is 1. The van der Waals surface area contributed by atoms with Gasteiger partial charge in [0.05, 0.1) is 12.1 Å². The van der Waals surface area contributed by atoms with E-state index in [-0.39, 0.29) is 34.3 Å². The molecule has 0 saturated carbocycles. The van der Waals surface area contributed by atoms with Crippen LogP contribution in [0.1, 0.15) is 40.5 Å². The standard InChI is InChI=1S/C16H33N3O2S.HI/c1-6-17-14(18-12-15(3,4)20-5)19-13-16(22-7-2)8-10-21-11-9-16;/h6-13H2,1-5H3,(H2,17,18,19);1H. The van der Waals surface area contributed by atoms with Gasteiger partial charge in [0.15, 0.2) is 5.96 Å². The topological polar surface area (TPSA) is 54.9 Å². The summed E-state index contributed by atoms with van der Waals surface area (Å²) >= 11 is 2.04. The predicted molar refractivity (Wildman–Crippen MR) is 111 cm³/mol. The average molecular weight is 459 g/mol. The normalized spacial score (nSPS) is 18.2. The maximum absolute atomic E-state index is 5.53. The Bertz CT molecular complexity index is 343. The van der Waals surface area contributed by atoms with Gasteiger partial charge in [-0.1, -0.05) is 6.92 Å². The van der Waals surface area contributed by atoms with Gasteiger partial charge in [-0.3, -0.25) is 4.99 Å². The lowest BCUT2D eigenvalue weighted by molar-refractivity contribution is 0.0310. The van der Waals surface area contributed by atoms with Crippen LogP contribution in [0, 0.1) is 0 Å². The summed E-state index contributed by atoms with van der Waals surface area (Å²) in [5.41, 5.74) is -0.239. The van der Waals surface area contributed by atoms with Crippen LogP contribution in [-0.2, 0) is 9.47 Å². The second-order valence-corrected chi connectivity index (χ2v) is 7.97. The molecule has 1 rings (SSSR count). The molecule has 0 aromatic rings. The molecule has 0 spiro atoms. The summed E-state index contributed by atoms with van der Waals surface area (Å²) in [6, 6.07) is 0. The van der Waals surface area contributed by atoms with Crippen molar-refractivity contribution in [1.29, 1.82) is 0 Å². The number of hydrogen-bond donors (Lipinski definition) is 2. The number of ether oxygens (including phenoxy) is 2. The van der Waals surface area contributed by atoms with Crippen LogP contribution in [0.15, 0.2) is 4.99 Å². The molecule has 1 saturated heterocycles. The van der Waals surface area contributed by atoms with Crippen molar-refractivity contribution in [2.24, 2.45) is 4.99 Å². The fourth-order valence-electron chi connectivity index (χ4n) is 2.34. The van der Waals surface area contributed by atoms with Crippen molar-refractivity contribution in [3.8, 4) is 0 Å². The summed E-state index contributed by atoms with van der Waals surface area (Å²) in [4.78, 5) is 4.66. The number of halogens is 1. The summed E-state index contributed by atoms with van der Waals surface area (Å²) in [6.07, 6.45) is 2.20. The predicted octanol–water partition coefficient (Wildman–Crippen LogP) is 2.89. The van der Waals surface area contributed by atoms with Crippen LogP contribution in [0.3, 0.4) is 0 Å². The molecule has 2 N–H and O–H groups in total. The molecule has 138 valence electrons. The molecule has 7 heteroatoms. The molecule has 1 aliphatic heterocycles. The second kappa shape index (κ2) is 11.8. The Hall–Kier alpha value is 0.270. The molecule has 0 bridgehead atoms. The van der Waals surface area contributed by atoms with Crippen LogP contribution in [0.2, 0.25) is 0 Å². The average Bonchev–Trinajstić information content (AvgIpc) is 2.51. The Morgan fingerprint density at radius 1 is 1.26 bits per heavy atom. The van der Waals surface area contributed by atoms with E-state index >= 15 is 0 Å². The van der Waals surface area contributed by atoms with Gasteiger partial charge in [0.1, 0.15) is 0 Å². The number of methoxy groups -OCH3 is 1. The number of hydrogen-bond acceptors (Lipinski definition) is 4. The molecule has 0 radical (unpaired) electrons. The molecule has 0 unspecified atom stereocenters. The van der Waals surface area contributed by atoms with Gasteiger partial charge in [0, 0.05) is 38.2 Å². The molecule has 1 heterocycles. The van der Waals surface area contributed by atoms with Crippen molar-refractivity contribution in [1.82, 2.24) is 10.6 Å². The molecule has 5 nitrogen and oxygen atoms in total. The molecule has 0 aromatic carbocycles. The van der Waals surface area contributed by atoms with E-state index in [2.05, 4.69) is 29.5 Å². The van der Waals surface area contributed by atoms with Crippen molar-refractivity contribution < 1.29 is 9.47 Å². The molecule has 0 amide bonds. The number of nitrogens with zero attached hydrogens (tertiary/aromatic N) is 1. The lowest BCUT2D eigenvalue weighted by atomic mass is 9.99. The van der Waals surface area contributed by atoms with E-state index in [9.17, 15) is 0 Å². The minimum atomic E-state index is -0.239. The highest BCUT2D eigenvalue weighted by atomic mass is 127. The Kier molecular flexibility index (Phi) is 11.9. The van der Waals surface area contributed by atoms with E-state index in [1.807, 2.05) is 25.6 Å². The Morgan fingerprint density at radius 3 is 2.43 bits per heavy atom. The number of rotatable bonds is 8. The van der Waals surface area contributed by atoms with Crippen LogP contribution in [0.5, 0.6) is 0 Å². The summed E-state index contributed by atoms with van der Waals surface area (Å²) in [5, 5.41) is 6.84. The van der Waals surface area contributed by atoms with Gasteiger partial charge >= 0.3 is 0 Å². The van der Waals surface area contributed by atoms with Crippen molar-refractivity contribution in [3.05, 3.63) is 0 Å². The highest BCUT2D eigenvalue weighted by Gasteiger charge is 2.32. The Labute approximate surface area is 163 Å². The van der Waals surface area contributed by atoms with Crippen molar-refractivity contribution in [3.63, 3.8) is 0 Å². The van der Waals surface area contributed by atoms with Crippen LogP contribution in [0.4, 0.5) is 0 Å².